The Morgan fingerprint density at radius 3 is 2.07 bits per heavy atom. The van der Waals surface area contributed by atoms with Crippen molar-refractivity contribution >= 4 is 65.9 Å². The lowest BCUT2D eigenvalue weighted by atomic mass is 9.73. The van der Waals surface area contributed by atoms with E-state index < -0.39 is 42.6 Å². The van der Waals surface area contributed by atoms with Crippen molar-refractivity contribution < 1.29 is 27.6 Å². The Balaban J connectivity index is 2.17. The van der Waals surface area contributed by atoms with Crippen molar-refractivity contribution in [2.45, 2.75) is 225 Å². The summed E-state index contributed by atoms with van der Waals surface area (Å²) in [6.07, 6.45) is 6.63. The third-order valence-electron chi connectivity index (χ3n) is 15.8. The molecular weight excluding hydrogens is 837 g/mol. The zero-order chi connectivity index (χ0) is 45.5. The number of rotatable bonds is 17. The summed E-state index contributed by atoms with van der Waals surface area (Å²) in [6, 6.07) is 6.10. The van der Waals surface area contributed by atoms with E-state index in [2.05, 4.69) is 119 Å². The first-order valence-electron chi connectivity index (χ1n) is 23.6. The topological polar surface area (TPSA) is 87.0 Å². The van der Waals surface area contributed by atoms with Crippen LogP contribution in [0.2, 0.25) is 54.4 Å². The molecule has 3 rings (SSSR count). The van der Waals surface area contributed by atoms with E-state index >= 15 is 4.79 Å². The fraction of sp³-hybridized carbons (Fsp3) is 0.851. The molecule has 2 unspecified atom stereocenters. The van der Waals surface area contributed by atoms with Crippen LogP contribution in [0.3, 0.4) is 0 Å². The zero-order valence-electron chi connectivity index (χ0n) is 41.5. The number of thioether (sulfide) groups is 1. The van der Waals surface area contributed by atoms with Gasteiger partial charge in [-0.2, -0.15) is 0 Å². The predicted molar refractivity (Wildman–Crippen MR) is 264 cm³/mol. The highest BCUT2D eigenvalue weighted by Gasteiger charge is 2.59. The predicted octanol–water partition coefficient (Wildman–Crippen LogP) is 13.3. The first-order chi connectivity index (χ1) is 27.9. The van der Waals surface area contributed by atoms with Crippen molar-refractivity contribution in [1.29, 1.82) is 0 Å². The Morgan fingerprint density at radius 2 is 1.55 bits per heavy atom. The number of nitrogens with zero attached hydrogens (tertiary/aromatic N) is 2. The van der Waals surface area contributed by atoms with E-state index in [1.807, 2.05) is 20.1 Å². The van der Waals surface area contributed by atoms with Crippen molar-refractivity contribution in [2.24, 2.45) is 17.3 Å². The molecule has 13 heteroatoms. The molecule has 1 aromatic heterocycles. The molecule has 0 aromatic carbocycles. The molecule has 60 heavy (non-hydrogen) atoms. The third kappa shape index (κ3) is 12.8. The molecule has 8 atom stereocenters. The van der Waals surface area contributed by atoms with Crippen LogP contribution in [0.4, 0.5) is 0 Å². The van der Waals surface area contributed by atoms with Gasteiger partial charge in [-0.25, -0.2) is 4.98 Å². The summed E-state index contributed by atoms with van der Waals surface area (Å²) >= 11 is 3.28. The molecule has 8 nitrogen and oxygen atoms in total. The van der Waals surface area contributed by atoms with Gasteiger partial charge in [-0.05, 0) is 105 Å². The number of thiazole rings is 1. The minimum absolute atomic E-state index is 0.0297. The quantitative estimate of drug-likeness (QED) is 0.0656. The molecule has 0 radical (unpaired) electrons. The highest BCUT2D eigenvalue weighted by molar-refractivity contribution is 8.00. The number of esters is 1. The lowest BCUT2D eigenvalue weighted by Crippen LogP contribution is -2.53. The summed E-state index contributed by atoms with van der Waals surface area (Å²) in [5.41, 5.74) is 0.870. The molecule has 0 amide bonds. The van der Waals surface area contributed by atoms with E-state index in [1.54, 1.807) is 23.1 Å². The van der Waals surface area contributed by atoms with Crippen LogP contribution in [-0.2, 0) is 27.6 Å². The van der Waals surface area contributed by atoms with Crippen LogP contribution in [-0.4, -0.2) is 95.9 Å². The lowest BCUT2D eigenvalue weighted by molar-refractivity contribution is -0.153. The first kappa shape index (κ1) is 53.7. The molecule has 3 heterocycles. The maximum absolute atomic E-state index is 15.2. The Labute approximate surface area is 379 Å². The lowest BCUT2D eigenvalue weighted by Gasteiger charge is -2.44. The van der Waals surface area contributed by atoms with Crippen LogP contribution < -0.4 is 0 Å². The molecule has 0 spiro atoms. The maximum atomic E-state index is 15.2. The average molecular weight is 926 g/mol. The SMILES string of the molecule is CC[Si](CC)(CC)OC1[C@@H](C)CCC[C@]2(C)[C@H](C[C@@H](/C(C)=C/c3csc(SC)n3)OC(=O)C[C@H](O[Si](CC)(CC)CC)C(C)(C)C(=O)[C@@H]1C)N2CCO[Si](C)(C)C(C)(C)C. The van der Waals surface area contributed by atoms with E-state index in [4.69, 9.17) is 23.0 Å². The van der Waals surface area contributed by atoms with Crippen LogP contribution in [0, 0.1) is 17.3 Å². The summed E-state index contributed by atoms with van der Waals surface area (Å²) in [4.78, 5) is 37.3. The number of carbonyl (C=O) groups is 2. The van der Waals surface area contributed by atoms with Gasteiger partial charge in [0.25, 0.3) is 0 Å². The van der Waals surface area contributed by atoms with Crippen LogP contribution in [0.15, 0.2) is 15.3 Å². The molecule has 0 aliphatic carbocycles. The van der Waals surface area contributed by atoms with Crippen LogP contribution in [0.1, 0.15) is 142 Å². The summed E-state index contributed by atoms with van der Waals surface area (Å²) in [6.45, 7) is 39.5. The molecular formula is C47H88N2O6S2Si3. The van der Waals surface area contributed by atoms with E-state index in [1.165, 1.54) is 0 Å². The Hall–Kier alpha value is -0.649. The van der Waals surface area contributed by atoms with Gasteiger partial charge in [0.05, 0.1) is 24.3 Å². The van der Waals surface area contributed by atoms with Crippen molar-refractivity contribution in [3.8, 4) is 0 Å². The molecule has 2 aliphatic heterocycles. The first-order valence-corrected chi connectivity index (χ1v) is 33.6. The number of carbonyl (C=O) groups excluding carboxylic acids is 2. The number of aromatic nitrogens is 1. The highest BCUT2D eigenvalue weighted by Crippen LogP contribution is 2.49. The summed E-state index contributed by atoms with van der Waals surface area (Å²) < 4.78 is 29.1. The van der Waals surface area contributed by atoms with Gasteiger partial charge >= 0.3 is 5.97 Å². The summed E-state index contributed by atoms with van der Waals surface area (Å²) in [7, 11) is -6.27. The Kier molecular flexibility index (Phi) is 19.7. The standard InChI is InChI=1S/C47H88N2O6S2Si3/c1-19-59(20-2,21-3)54-40-32-41(50)53-38(35(8)30-37-33-57-44(48-37)56-16)31-39-47(15,49(39)28-29-52-58(17,18)45(10,11)12)27-25-26-34(7)42(36(9)43(51)46(40,13)14)55-60(22-4,23-5)24-6/h30,33-34,36,38-40,42H,19-29,31-32H2,1-18H3/b35-30+/t34-,36+,38-,39-,40-,42?,47+,49?/m0/s1. The van der Waals surface area contributed by atoms with Gasteiger partial charge in [0.15, 0.2) is 25.0 Å². The number of cyclic esters (lactones) is 1. The molecule has 0 N–H and O–H groups in total. The number of ketones is 1. The zero-order valence-corrected chi connectivity index (χ0v) is 46.1. The second kappa shape index (κ2) is 22.0. The van der Waals surface area contributed by atoms with Gasteiger partial charge in [0.1, 0.15) is 16.2 Å². The summed E-state index contributed by atoms with van der Waals surface area (Å²) in [5.74, 6) is -0.330. The largest absolute Gasteiger partial charge is 0.458 e. The van der Waals surface area contributed by atoms with Crippen molar-refractivity contribution in [2.75, 3.05) is 19.4 Å². The van der Waals surface area contributed by atoms with Gasteiger partial charge in [-0.3, -0.25) is 14.5 Å². The molecule has 0 saturated carbocycles. The van der Waals surface area contributed by atoms with Gasteiger partial charge in [-0.1, -0.05) is 108 Å². The van der Waals surface area contributed by atoms with Crippen LogP contribution >= 0.6 is 23.1 Å². The van der Waals surface area contributed by atoms with Crippen molar-refractivity contribution in [3.63, 3.8) is 0 Å². The number of hydrogen-bond donors (Lipinski definition) is 0. The van der Waals surface area contributed by atoms with Gasteiger partial charge < -0.3 is 18.0 Å². The minimum Gasteiger partial charge on any atom is -0.458 e. The van der Waals surface area contributed by atoms with E-state index in [0.29, 0.717) is 13.0 Å². The molecule has 2 fully saturated rings. The summed E-state index contributed by atoms with van der Waals surface area (Å²) in [5, 5.41) is 2.21. The molecule has 346 valence electrons. The minimum atomic E-state index is -2.26. The third-order valence-corrected chi connectivity index (χ3v) is 31.5. The van der Waals surface area contributed by atoms with E-state index in [9.17, 15) is 4.79 Å². The molecule has 2 aliphatic rings. The molecule has 0 bridgehead atoms. The van der Waals surface area contributed by atoms with Gasteiger partial charge in [0, 0.05) is 47.9 Å². The molecule has 1 aromatic rings. The van der Waals surface area contributed by atoms with Crippen LogP contribution in [0.25, 0.3) is 6.08 Å². The number of Topliss-reactive ketones (excluding diaryl/α,β-unsaturated/α-hetero) is 1. The number of fused-ring (bicyclic) bond motifs is 1. The van der Waals surface area contributed by atoms with Crippen molar-refractivity contribution in [1.82, 2.24) is 9.88 Å². The second-order valence-electron chi connectivity index (χ2n) is 20.6. The maximum Gasteiger partial charge on any atom is 0.309 e. The smallest absolute Gasteiger partial charge is 0.309 e. The number of hydrogen-bond acceptors (Lipinski definition) is 10. The molecule has 2 saturated heterocycles. The second-order valence-corrected chi connectivity index (χ2v) is 36.8. The van der Waals surface area contributed by atoms with Gasteiger partial charge in [-0.15, -0.1) is 11.3 Å². The monoisotopic (exact) mass is 925 g/mol. The van der Waals surface area contributed by atoms with Crippen LogP contribution in [0.5, 0.6) is 0 Å². The number of ether oxygens (including phenoxy) is 1. The Bertz CT molecular complexity index is 1550. The Morgan fingerprint density at radius 1 is 0.983 bits per heavy atom. The fourth-order valence-electron chi connectivity index (χ4n) is 9.53. The average Bonchev–Trinajstić information content (AvgIpc) is 3.47. The fourth-order valence-corrected chi connectivity index (χ4v) is 17.8. The normalized spacial score (nSPS) is 29.3. The van der Waals surface area contributed by atoms with E-state index in [0.717, 1.165) is 77.7 Å². The van der Waals surface area contributed by atoms with E-state index in [-0.39, 0.29) is 52.7 Å². The van der Waals surface area contributed by atoms with Crippen molar-refractivity contribution in [3.05, 3.63) is 16.6 Å². The van der Waals surface area contributed by atoms with Gasteiger partial charge in [0.2, 0.25) is 0 Å². The highest BCUT2D eigenvalue weighted by atomic mass is 32.2.